The van der Waals surface area contributed by atoms with Gasteiger partial charge in [0.2, 0.25) is 0 Å². The van der Waals surface area contributed by atoms with Gasteiger partial charge < -0.3 is 4.74 Å². The highest BCUT2D eigenvalue weighted by Gasteiger charge is 1.98. The van der Waals surface area contributed by atoms with Crippen molar-refractivity contribution in [3.8, 4) is 5.75 Å². The Labute approximate surface area is 82.2 Å². The lowest BCUT2D eigenvalue weighted by Crippen LogP contribution is -1.89. The summed E-state index contributed by atoms with van der Waals surface area (Å²) < 4.78 is 5.05. The highest BCUT2D eigenvalue weighted by Crippen LogP contribution is 2.21. The highest BCUT2D eigenvalue weighted by molar-refractivity contribution is 6.30. The second-order valence-electron chi connectivity index (χ2n) is 2.44. The first kappa shape index (κ1) is 9.69. The van der Waals surface area contributed by atoms with E-state index >= 15 is 0 Å². The van der Waals surface area contributed by atoms with Crippen molar-refractivity contribution >= 4 is 23.2 Å². The summed E-state index contributed by atoms with van der Waals surface area (Å²) in [5, 5.41) is 0.689. The van der Waals surface area contributed by atoms with Crippen molar-refractivity contribution in [1.82, 2.24) is 0 Å². The lowest BCUT2D eigenvalue weighted by molar-refractivity contribution is 0.414. The van der Waals surface area contributed by atoms with Gasteiger partial charge >= 0.3 is 0 Å². The number of ether oxygens (including phenoxy) is 1. The summed E-state index contributed by atoms with van der Waals surface area (Å²) in [6, 6.07) is 5.61. The van der Waals surface area contributed by atoms with Crippen LogP contribution < -0.4 is 4.74 Å². The molecule has 0 aliphatic carbocycles. The van der Waals surface area contributed by atoms with Gasteiger partial charge in [-0.3, -0.25) is 0 Å². The van der Waals surface area contributed by atoms with Crippen LogP contribution in [0.25, 0.3) is 0 Å². The molecule has 12 heavy (non-hydrogen) atoms. The number of alkyl halides is 1. The van der Waals surface area contributed by atoms with Crippen LogP contribution in [0.2, 0.25) is 5.02 Å². The number of hydrogen-bond donors (Lipinski definition) is 0. The number of methoxy groups -OCH3 is 1. The predicted molar refractivity (Wildman–Crippen MR) is 52.4 cm³/mol. The summed E-state index contributed by atoms with van der Waals surface area (Å²) in [5.41, 5.74) is 1.11. The Bertz CT molecular complexity index is 261. The normalized spacial score (nSPS) is 9.92. The molecule has 66 valence electrons. The SMILES string of the molecule is COc1cc(Cl)cc(CCCl)c1. The van der Waals surface area contributed by atoms with Gasteiger partial charge in [0.25, 0.3) is 0 Å². The van der Waals surface area contributed by atoms with Gasteiger partial charge in [-0.25, -0.2) is 0 Å². The van der Waals surface area contributed by atoms with Gasteiger partial charge in [0.1, 0.15) is 5.75 Å². The largest absolute Gasteiger partial charge is 0.497 e. The molecule has 0 N–H and O–H groups in total. The molecule has 0 bridgehead atoms. The van der Waals surface area contributed by atoms with Crippen LogP contribution in [0.3, 0.4) is 0 Å². The number of aryl methyl sites for hydroxylation is 1. The van der Waals surface area contributed by atoms with E-state index in [0.717, 1.165) is 17.7 Å². The molecule has 0 fully saturated rings. The lowest BCUT2D eigenvalue weighted by atomic mass is 10.2. The van der Waals surface area contributed by atoms with Crippen molar-refractivity contribution in [1.29, 1.82) is 0 Å². The Morgan fingerprint density at radius 2 is 2.08 bits per heavy atom. The van der Waals surface area contributed by atoms with E-state index in [4.69, 9.17) is 27.9 Å². The Morgan fingerprint density at radius 3 is 2.67 bits per heavy atom. The van der Waals surface area contributed by atoms with E-state index in [0.29, 0.717) is 10.9 Å². The van der Waals surface area contributed by atoms with Crippen LogP contribution in [0.15, 0.2) is 18.2 Å². The van der Waals surface area contributed by atoms with E-state index in [1.165, 1.54) is 0 Å². The number of rotatable bonds is 3. The summed E-state index contributed by atoms with van der Waals surface area (Å²) in [6.45, 7) is 0. The first-order valence-corrected chi connectivity index (χ1v) is 4.57. The third kappa shape index (κ3) is 2.58. The van der Waals surface area contributed by atoms with Gasteiger partial charge in [0.15, 0.2) is 0 Å². The molecule has 0 heterocycles. The molecule has 0 aliphatic rings. The van der Waals surface area contributed by atoms with Crippen molar-refractivity contribution in [2.45, 2.75) is 6.42 Å². The van der Waals surface area contributed by atoms with Gasteiger partial charge in [-0.1, -0.05) is 11.6 Å². The lowest BCUT2D eigenvalue weighted by Gasteiger charge is -2.03. The maximum atomic E-state index is 5.84. The van der Waals surface area contributed by atoms with E-state index < -0.39 is 0 Å². The molecular weight excluding hydrogens is 195 g/mol. The summed E-state index contributed by atoms with van der Waals surface area (Å²) in [7, 11) is 1.62. The molecule has 0 spiro atoms. The standard InChI is InChI=1S/C9H10Cl2O/c1-12-9-5-7(2-3-10)4-8(11)6-9/h4-6H,2-3H2,1H3. The third-order valence-corrected chi connectivity index (χ3v) is 1.96. The Morgan fingerprint density at radius 1 is 1.33 bits per heavy atom. The highest BCUT2D eigenvalue weighted by atomic mass is 35.5. The number of hydrogen-bond acceptors (Lipinski definition) is 1. The van der Waals surface area contributed by atoms with Crippen LogP contribution in [-0.2, 0) is 6.42 Å². The summed E-state index contributed by atoms with van der Waals surface area (Å²) >= 11 is 11.4. The van der Waals surface area contributed by atoms with Crippen molar-refractivity contribution < 1.29 is 4.74 Å². The second-order valence-corrected chi connectivity index (χ2v) is 3.25. The Balaban J connectivity index is 2.90. The fourth-order valence-electron chi connectivity index (χ4n) is 0.992. The molecule has 0 saturated carbocycles. The third-order valence-electron chi connectivity index (χ3n) is 1.55. The number of halogens is 2. The molecule has 0 amide bonds. The molecule has 1 aromatic rings. The van der Waals surface area contributed by atoms with Crippen LogP contribution in [0, 0.1) is 0 Å². The van der Waals surface area contributed by atoms with E-state index in [1.807, 2.05) is 12.1 Å². The molecule has 0 saturated heterocycles. The molecule has 0 atom stereocenters. The van der Waals surface area contributed by atoms with Crippen LogP contribution in [0.5, 0.6) is 5.75 Å². The first-order valence-electron chi connectivity index (χ1n) is 3.65. The minimum atomic E-state index is 0.601. The molecule has 0 radical (unpaired) electrons. The van der Waals surface area contributed by atoms with Crippen molar-refractivity contribution in [3.63, 3.8) is 0 Å². The second kappa shape index (κ2) is 4.58. The zero-order valence-electron chi connectivity index (χ0n) is 6.81. The molecule has 0 aromatic heterocycles. The van der Waals surface area contributed by atoms with Crippen LogP contribution in [-0.4, -0.2) is 13.0 Å². The van der Waals surface area contributed by atoms with E-state index in [2.05, 4.69) is 0 Å². The van der Waals surface area contributed by atoms with Crippen LogP contribution >= 0.6 is 23.2 Å². The van der Waals surface area contributed by atoms with Crippen LogP contribution in [0.1, 0.15) is 5.56 Å². The van der Waals surface area contributed by atoms with Crippen molar-refractivity contribution in [3.05, 3.63) is 28.8 Å². The summed E-state index contributed by atoms with van der Waals surface area (Å²) in [4.78, 5) is 0. The topological polar surface area (TPSA) is 9.23 Å². The maximum absolute atomic E-state index is 5.84. The van der Waals surface area contributed by atoms with Gasteiger partial charge in [0.05, 0.1) is 7.11 Å². The average molecular weight is 205 g/mol. The van der Waals surface area contributed by atoms with Crippen molar-refractivity contribution in [2.75, 3.05) is 13.0 Å². The zero-order chi connectivity index (χ0) is 8.97. The molecule has 1 aromatic carbocycles. The van der Waals surface area contributed by atoms with Gasteiger partial charge in [0, 0.05) is 10.9 Å². The van der Waals surface area contributed by atoms with Crippen molar-refractivity contribution in [2.24, 2.45) is 0 Å². The Kier molecular flexibility index (Phi) is 3.70. The summed E-state index contributed by atoms with van der Waals surface area (Å²) in [5.74, 6) is 1.38. The minimum absolute atomic E-state index is 0.601. The smallest absolute Gasteiger partial charge is 0.120 e. The molecule has 3 heteroatoms. The minimum Gasteiger partial charge on any atom is -0.497 e. The molecular formula is C9H10Cl2O. The van der Waals surface area contributed by atoms with Gasteiger partial charge in [-0.15, -0.1) is 11.6 Å². The molecule has 1 rings (SSSR count). The number of benzene rings is 1. The fraction of sp³-hybridized carbons (Fsp3) is 0.333. The van der Waals surface area contributed by atoms with Gasteiger partial charge in [-0.05, 0) is 30.2 Å². The predicted octanol–water partition coefficient (Wildman–Crippen LogP) is 3.13. The summed E-state index contributed by atoms with van der Waals surface area (Å²) in [6.07, 6.45) is 0.818. The Hall–Kier alpha value is -0.400. The van der Waals surface area contributed by atoms with Crippen LogP contribution in [0.4, 0.5) is 0 Å². The quantitative estimate of drug-likeness (QED) is 0.688. The van der Waals surface area contributed by atoms with Gasteiger partial charge in [-0.2, -0.15) is 0 Å². The van der Waals surface area contributed by atoms with E-state index in [-0.39, 0.29) is 0 Å². The monoisotopic (exact) mass is 204 g/mol. The molecule has 1 nitrogen and oxygen atoms in total. The molecule has 0 aliphatic heterocycles. The fourth-order valence-corrected chi connectivity index (χ4v) is 1.46. The van der Waals surface area contributed by atoms with E-state index in [9.17, 15) is 0 Å². The average Bonchev–Trinajstić information content (AvgIpc) is 2.04. The zero-order valence-corrected chi connectivity index (χ0v) is 8.32. The molecule has 0 unspecified atom stereocenters. The van der Waals surface area contributed by atoms with E-state index in [1.54, 1.807) is 13.2 Å². The first-order chi connectivity index (χ1) is 5.76. The maximum Gasteiger partial charge on any atom is 0.120 e.